The quantitative estimate of drug-likeness (QED) is 0.459. The minimum atomic E-state index is -0.600. The van der Waals surface area contributed by atoms with Gasteiger partial charge >= 0.3 is 6.03 Å². The highest BCUT2D eigenvalue weighted by molar-refractivity contribution is 7.82. The minimum Gasteiger partial charge on any atom is -0.495 e. The van der Waals surface area contributed by atoms with Gasteiger partial charge in [0.25, 0.3) is 5.69 Å². The van der Waals surface area contributed by atoms with Crippen molar-refractivity contribution in [2.45, 2.75) is 0 Å². The molecule has 10 heteroatoms. The number of nitro groups is 1. The number of carbonyl (C=O) groups is 1. The van der Waals surface area contributed by atoms with Crippen LogP contribution in [0.2, 0.25) is 5.02 Å². The first-order valence-corrected chi connectivity index (χ1v) is 7.61. The van der Waals surface area contributed by atoms with Crippen LogP contribution in [0.3, 0.4) is 0 Å². The van der Waals surface area contributed by atoms with Crippen molar-refractivity contribution in [2.24, 2.45) is 0 Å². The van der Waals surface area contributed by atoms with E-state index in [1.807, 2.05) is 0 Å². The van der Waals surface area contributed by atoms with Gasteiger partial charge in [-0.1, -0.05) is 24.4 Å². The first kappa shape index (κ1) is 18.7. The van der Waals surface area contributed by atoms with Gasteiger partial charge in [0.1, 0.15) is 17.2 Å². The van der Waals surface area contributed by atoms with Gasteiger partial charge in [-0.3, -0.25) is 10.1 Å². The van der Waals surface area contributed by atoms with Gasteiger partial charge in [0.15, 0.2) is 0 Å². The summed E-state index contributed by atoms with van der Waals surface area (Å²) in [6.45, 7) is 0. The van der Waals surface area contributed by atoms with E-state index in [1.165, 1.54) is 50.6 Å². The maximum absolute atomic E-state index is 12.3. The summed E-state index contributed by atoms with van der Waals surface area (Å²) in [5.74, 6) is 0.717. The number of rotatable bonds is 5. The number of benzene rings is 2. The van der Waals surface area contributed by atoms with E-state index in [0.717, 1.165) is 4.31 Å². The number of halogens is 1. The number of amides is 2. The molecule has 25 heavy (non-hydrogen) atoms. The molecule has 0 unspecified atom stereocenters. The topological polar surface area (TPSA) is 93.9 Å². The monoisotopic (exact) mass is 383 g/mol. The first-order chi connectivity index (χ1) is 11.9. The number of nitrogens with zero attached hydrogens (tertiary/aromatic N) is 2. The average Bonchev–Trinajstić information content (AvgIpc) is 2.61. The zero-order valence-electron chi connectivity index (χ0n) is 13.2. The van der Waals surface area contributed by atoms with Crippen LogP contribution in [-0.2, 0) is 0 Å². The second-order valence-electron chi connectivity index (χ2n) is 4.70. The number of urea groups is 1. The maximum atomic E-state index is 12.3. The summed E-state index contributed by atoms with van der Waals surface area (Å²) in [5.41, 5.74) is 0.591. The third-order valence-electron chi connectivity index (χ3n) is 3.20. The zero-order valence-corrected chi connectivity index (χ0v) is 14.9. The Morgan fingerprint density at radius 3 is 2.32 bits per heavy atom. The van der Waals surface area contributed by atoms with Crippen LogP contribution in [0.15, 0.2) is 36.4 Å². The summed E-state index contributed by atoms with van der Waals surface area (Å²) < 4.78 is 11.3. The number of hydrogen-bond donors (Lipinski definition) is 2. The van der Waals surface area contributed by atoms with Gasteiger partial charge in [-0.05, 0) is 18.2 Å². The molecule has 2 amide bonds. The number of methoxy groups -OCH3 is 2. The van der Waals surface area contributed by atoms with Crippen LogP contribution in [0.5, 0.6) is 11.5 Å². The summed E-state index contributed by atoms with van der Waals surface area (Å²) in [7, 11) is 2.89. The summed E-state index contributed by atoms with van der Waals surface area (Å²) in [6, 6.07) is 7.79. The Labute approximate surface area is 154 Å². The molecule has 0 bridgehead atoms. The molecule has 0 saturated heterocycles. The Hall–Kier alpha value is -2.65. The van der Waals surface area contributed by atoms with Crippen LogP contribution in [0, 0.1) is 10.1 Å². The Bertz CT molecular complexity index is 800. The summed E-state index contributed by atoms with van der Waals surface area (Å²) in [4.78, 5) is 22.5. The molecule has 0 aliphatic rings. The largest absolute Gasteiger partial charge is 0.495 e. The van der Waals surface area contributed by atoms with Crippen molar-refractivity contribution < 1.29 is 19.2 Å². The van der Waals surface area contributed by atoms with Gasteiger partial charge in [0.2, 0.25) is 0 Å². The second kappa shape index (κ2) is 7.95. The Morgan fingerprint density at radius 1 is 1.20 bits per heavy atom. The van der Waals surface area contributed by atoms with Gasteiger partial charge in [0, 0.05) is 23.9 Å². The van der Waals surface area contributed by atoms with Crippen molar-refractivity contribution in [2.75, 3.05) is 23.8 Å². The maximum Gasteiger partial charge on any atom is 0.336 e. The molecule has 0 aromatic heterocycles. The van der Waals surface area contributed by atoms with Gasteiger partial charge in [-0.25, -0.2) is 9.10 Å². The van der Waals surface area contributed by atoms with E-state index in [4.69, 9.17) is 21.1 Å². The second-order valence-corrected chi connectivity index (χ2v) is 5.51. The van der Waals surface area contributed by atoms with Gasteiger partial charge in [-0.15, -0.1) is 0 Å². The molecule has 0 aliphatic carbocycles. The molecule has 0 saturated carbocycles. The number of non-ortho nitro benzene ring substituents is 1. The Balaban J connectivity index is 2.22. The molecular weight excluding hydrogens is 370 g/mol. The summed E-state index contributed by atoms with van der Waals surface area (Å²) >= 11 is 10.2. The van der Waals surface area contributed by atoms with Gasteiger partial charge < -0.3 is 14.8 Å². The number of anilines is 2. The van der Waals surface area contributed by atoms with E-state index in [-0.39, 0.29) is 10.7 Å². The van der Waals surface area contributed by atoms with Crippen LogP contribution in [0.25, 0.3) is 0 Å². The van der Waals surface area contributed by atoms with E-state index in [2.05, 4.69) is 18.1 Å². The van der Waals surface area contributed by atoms with Crippen LogP contribution in [-0.4, -0.2) is 25.2 Å². The van der Waals surface area contributed by atoms with Crippen LogP contribution in [0.1, 0.15) is 0 Å². The highest BCUT2D eigenvalue weighted by Crippen LogP contribution is 2.38. The molecule has 0 spiro atoms. The van der Waals surface area contributed by atoms with E-state index < -0.39 is 11.0 Å². The predicted octanol–water partition coefficient (Wildman–Crippen LogP) is 4.15. The fourth-order valence-corrected chi connectivity index (χ4v) is 2.40. The van der Waals surface area contributed by atoms with Crippen LogP contribution < -0.4 is 19.1 Å². The Morgan fingerprint density at radius 2 is 1.80 bits per heavy atom. The predicted molar refractivity (Wildman–Crippen MR) is 98.1 cm³/mol. The standard InChI is InChI=1S/C15H14ClN3O5S/c1-23-13-8-14(24-2)12(7-11(13)16)18(25)15(20)17-9-3-5-10(6-4-9)19(21)22/h3-8,25H,1-2H3,(H,17,20). The molecule has 8 nitrogen and oxygen atoms in total. The van der Waals surface area contributed by atoms with Gasteiger partial charge in [0.05, 0.1) is 24.2 Å². The van der Waals surface area contributed by atoms with Crippen molar-refractivity contribution >= 4 is 47.5 Å². The van der Waals surface area contributed by atoms with E-state index in [9.17, 15) is 14.9 Å². The summed E-state index contributed by atoms with van der Waals surface area (Å²) in [5, 5.41) is 13.5. The van der Waals surface area contributed by atoms with Crippen molar-refractivity contribution in [3.8, 4) is 11.5 Å². The molecule has 0 atom stereocenters. The third kappa shape index (κ3) is 4.25. The number of carbonyl (C=O) groups excluding carboxylic acids is 1. The summed E-state index contributed by atoms with van der Waals surface area (Å²) in [6.07, 6.45) is 0. The van der Waals surface area contributed by atoms with E-state index in [0.29, 0.717) is 22.9 Å². The Kier molecular flexibility index (Phi) is 5.94. The minimum absolute atomic E-state index is 0.0793. The van der Waals surface area contributed by atoms with Crippen molar-refractivity contribution in [3.63, 3.8) is 0 Å². The number of ether oxygens (including phenoxy) is 2. The molecule has 0 radical (unpaired) electrons. The van der Waals surface area contributed by atoms with E-state index >= 15 is 0 Å². The van der Waals surface area contributed by atoms with Gasteiger partial charge in [-0.2, -0.15) is 0 Å². The van der Waals surface area contributed by atoms with Crippen molar-refractivity contribution in [1.29, 1.82) is 0 Å². The first-order valence-electron chi connectivity index (χ1n) is 6.83. The molecule has 132 valence electrons. The lowest BCUT2D eigenvalue weighted by Crippen LogP contribution is -2.27. The molecule has 0 fully saturated rings. The lowest BCUT2D eigenvalue weighted by Gasteiger charge is -2.20. The van der Waals surface area contributed by atoms with Crippen LogP contribution in [0.4, 0.5) is 21.9 Å². The highest BCUT2D eigenvalue weighted by atomic mass is 35.5. The number of thiol groups is 1. The fourth-order valence-electron chi connectivity index (χ4n) is 1.96. The third-order valence-corrected chi connectivity index (χ3v) is 3.90. The molecule has 2 aromatic carbocycles. The van der Waals surface area contributed by atoms with E-state index in [1.54, 1.807) is 0 Å². The normalized spacial score (nSPS) is 10.1. The lowest BCUT2D eigenvalue weighted by atomic mass is 10.2. The zero-order chi connectivity index (χ0) is 18.6. The molecule has 2 rings (SSSR count). The molecule has 0 heterocycles. The highest BCUT2D eigenvalue weighted by Gasteiger charge is 2.19. The fraction of sp³-hybridized carbons (Fsp3) is 0.133. The number of nitrogens with one attached hydrogen (secondary N) is 1. The molecule has 1 N–H and O–H groups in total. The molecule has 0 aliphatic heterocycles. The molecule has 2 aromatic rings. The van der Waals surface area contributed by atoms with Crippen molar-refractivity contribution in [3.05, 3.63) is 51.5 Å². The average molecular weight is 384 g/mol. The number of hydrogen-bond acceptors (Lipinski definition) is 6. The number of nitro benzene ring substituents is 1. The SMILES string of the molecule is COc1cc(OC)c(N(S)C(=O)Nc2ccc([N+](=O)[O-])cc2)cc1Cl. The van der Waals surface area contributed by atoms with Crippen LogP contribution >= 0.6 is 24.4 Å². The van der Waals surface area contributed by atoms with Crippen molar-refractivity contribution in [1.82, 2.24) is 0 Å². The lowest BCUT2D eigenvalue weighted by molar-refractivity contribution is -0.384. The smallest absolute Gasteiger partial charge is 0.336 e. The molecular formula is C15H14ClN3O5S.